The van der Waals surface area contributed by atoms with E-state index in [1.807, 2.05) is 24.4 Å². The van der Waals surface area contributed by atoms with Crippen molar-refractivity contribution in [1.29, 1.82) is 0 Å². The first kappa shape index (κ1) is 18.0. The molecule has 23 heavy (non-hydrogen) atoms. The number of Topliss-reactive ketones (excluding diaryl/α,β-unsaturated/α-hetero) is 1. The monoisotopic (exact) mass is 331 g/mol. The summed E-state index contributed by atoms with van der Waals surface area (Å²) in [6.45, 7) is 11.9. The Kier molecular flexibility index (Phi) is 5.47. The summed E-state index contributed by atoms with van der Waals surface area (Å²) in [5.41, 5.74) is 2.01. The predicted octanol–water partition coefficient (Wildman–Crippen LogP) is 4.07. The van der Waals surface area contributed by atoms with Crippen LogP contribution >= 0.6 is 0 Å². The van der Waals surface area contributed by atoms with E-state index in [1.54, 1.807) is 0 Å². The van der Waals surface area contributed by atoms with Crippen LogP contribution < -0.4 is 5.32 Å². The Bertz CT molecular complexity index is 573. The molecule has 1 N–H and O–H groups in total. The average molecular weight is 332 g/mol. The molecule has 1 aliphatic rings. The molecule has 0 aromatic heterocycles. The van der Waals surface area contributed by atoms with Crippen molar-refractivity contribution in [2.45, 2.75) is 57.8 Å². The molecule has 0 unspecified atom stereocenters. The van der Waals surface area contributed by atoms with Crippen LogP contribution in [0, 0.1) is 0 Å². The number of rotatable bonds is 4. The van der Waals surface area contributed by atoms with Gasteiger partial charge in [0, 0.05) is 31.2 Å². The fourth-order valence-corrected chi connectivity index (χ4v) is 3.80. The van der Waals surface area contributed by atoms with Crippen LogP contribution in [0.5, 0.6) is 0 Å². The second kappa shape index (κ2) is 7.01. The van der Waals surface area contributed by atoms with Crippen LogP contribution in [-0.4, -0.2) is 26.7 Å². The van der Waals surface area contributed by atoms with E-state index in [9.17, 15) is 4.79 Å². The Hall–Kier alpha value is -1.39. The van der Waals surface area contributed by atoms with E-state index in [0.717, 1.165) is 11.1 Å². The molecule has 0 radical (unpaired) electrons. The summed E-state index contributed by atoms with van der Waals surface area (Å²) >= 11 is 0. The second-order valence-electron chi connectivity index (χ2n) is 7.87. The number of benzene rings is 1. The molecule has 0 spiro atoms. The van der Waals surface area contributed by atoms with E-state index in [-0.39, 0.29) is 16.9 Å². The minimum atomic E-state index is -1.86. The maximum atomic E-state index is 12.6. The molecule has 3 nitrogen and oxygen atoms in total. The van der Waals surface area contributed by atoms with Crippen LogP contribution in [0.25, 0.3) is 0 Å². The Morgan fingerprint density at radius 1 is 1.22 bits per heavy atom. The van der Waals surface area contributed by atoms with Gasteiger partial charge in [-0.25, -0.2) is 0 Å². The van der Waals surface area contributed by atoms with E-state index < -0.39 is 8.32 Å². The van der Waals surface area contributed by atoms with Crippen LogP contribution in [0.4, 0.5) is 0 Å². The van der Waals surface area contributed by atoms with Crippen molar-refractivity contribution < 1.29 is 9.22 Å². The SMILES string of the molecule is CC(C)(C)[Si](C)(C)O[C@@H]1CNC=C(Cc2ccccc2)C(=O)C1. The molecule has 0 saturated heterocycles. The van der Waals surface area contributed by atoms with Gasteiger partial charge in [-0.2, -0.15) is 0 Å². The number of ketones is 1. The van der Waals surface area contributed by atoms with Crippen molar-refractivity contribution in [2.75, 3.05) is 6.54 Å². The van der Waals surface area contributed by atoms with Crippen LogP contribution in [0.3, 0.4) is 0 Å². The normalized spacial score (nSPS) is 19.8. The van der Waals surface area contributed by atoms with Gasteiger partial charge in [-0.15, -0.1) is 0 Å². The second-order valence-corrected chi connectivity index (χ2v) is 12.6. The van der Waals surface area contributed by atoms with E-state index in [0.29, 0.717) is 19.4 Å². The summed E-state index contributed by atoms with van der Waals surface area (Å²) in [7, 11) is -1.86. The van der Waals surface area contributed by atoms with Gasteiger partial charge in [0.2, 0.25) is 0 Å². The lowest BCUT2D eigenvalue weighted by atomic mass is 10.00. The molecule has 126 valence electrons. The van der Waals surface area contributed by atoms with Gasteiger partial charge >= 0.3 is 0 Å². The van der Waals surface area contributed by atoms with Gasteiger partial charge in [0.05, 0.1) is 6.10 Å². The zero-order chi connectivity index (χ0) is 17.1. The van der Waals surface area contributed by atoms with E-state index >= 15 is 0 Å². The third kappa shape index (κ3) is 4.79. The highest BCUT2D eigenvalue weighted by molar-refractivity contribution is 6.74. The van der Waals surface area contributed by atoms with Crippen molar-refractivity contribution in [3.05, 3.63) is 47.7 Å². The van der Waals surface area contributed by atoms with Gasteiger partial charge in [0.1, 0.15) is 0 Å². The average Bonchev–Trinajstić information content (AvgIpc) is 2.60. The maximum Gasteiger partial charge on any atom is 0.192 e. The quantitative estimate of drug-likeness (QED) is 0.845. The number of hydrogen-bond donors (Lipinski definition) is 1. The summed E-state index contributed by atoms with van der Waals surface area (Å²) in [5.74, 6) is 0.197. The number of hydrogen-bond acceptors (Lipinski definition) is 3. The molecule has 1 aromatic carbocycles. The zero-order valence-electron chi connectivity index (χ0n) is 15.0. The molecule has 4 heteroatoms. The van der Waals surface area contributed by atoms with Crippen LogP contribution in [0.2, 0.25) is 18.1 Å². The lowest BCUT2D eigenvalue weighted by Gasteiger charge is -2.39. The fourth-order valence-electron chi connectivity index (χ4n) is 2.45. The van der Waals surface area contributed by atoms with Gasteiger partial charge in [-0.1, -0.05) is 51.1 Å². The smallest absolute Gasteiger partial charge is 0.192 e. The van der Waals surface area contributed by atoms with Crippen LogP contribution in [0.1, 0.15) is 32.8 Å². The fraction of sp³-hybridized carbons (Fsp3) is 0.526. The van der Waals surface area contributed by atoms with Crippen LogP contribution in [0.15, 0.2) is 42.1 Å². The van der Waals surface area contributed by atoms with Gasteiger partial charge < -0.3 is 9.74 Å². The van der Waals surface area contributed by atoms with Gasteiger partial charge in [-0.05, 0) is 23.7 Å². The zero-order valence-corrected chi connectivity index (χ0v) is 16.0. The molecule has 1 heterocycles. The molecule has 0 aliphatic carbocycles. The summed E-state index contributed by atoms with van der Waals surface area (Å²) in [6.07, 6.45) is 3.00. The highest BCUT2D eigenvalue weighted by Crippen LogP contribution is 2.37. The summed E-state index contributed by atoms with van der Waals surface area (Å²) in [6, 6.07) is 10.1. The molecule has 0 amide bonds. The molecule has 2 rings (SSSR count). The van der Waals surface area contributed by atoms with E-state index in [2.05, 4.69) is 51.3 Å². The molecular weight excluding hydrogens is 302 g/mol. The molecule has 1 atom stereocenters. The first-order valence-electron chi connectivity index (χ1n) is 8.36. The lowest BCUT2D eigenvalue weighted by Crippen LogP contribution is -2.46. The Morgan fingerprint density at radius 2 is 1.87 bits per heavy atom. The Balaban J connectivity index is 2.01. The highest BCUT2D eigenvalue weighted by Gasteiger charge is 2.39. The lowest BCUT2D eigenvalue weighted by molar-refractivity contribution is -0.117. The molecule has 1 aromatic rings. The Morgan fingerprint density at radius 3 is 2.48 bits per heavy atom. The van der Waals surface area contributed by atoms with Crippen molar-refractivity contribution in [3.63, 3.8) is 0 Å². The minimum absolute atomic E-state index is 0.0343. The molecule has 0 saturated carbocycles. The molecular formula is C19H29NO2Si. The largest absolute Gasteiger partial charge is 0.412 e. The number of allylic oxidation sites excluding steroid dienone is 1. The van der Waals surface area contributed by atoms with Gasteiger partial charge in [0.25, 0.3) is 0 Å². The third-order valence-corrected chi connectivity index (χ3v) is 9.43. The highest BCUT2D eigenvalue weighted by atomic mass is 28.4. The topological polar surface area (TPSA) is 38.3 Å². The van der Waals surface area contributed by atoms with Gasteiger partial charge in [0.15, 0.2) is 14.1 Å². The molecule has 0 fully saturated rings. The first-order chi connectivity index (χ1) is 10.7. The van der Waals surface area contributed by atoms with Crippen molar-refractivity contribution in [2.24, 2.45) is 0 Å². The molecule has 1 aliphatic heterocycles. The first-order valence-corrected chi connectivity index (χ1v) is 11.3. The number of nitrogens with one attached hydrogen (secondary N) is 1. The van der Waals surface area contributed by atoms with Crippen LogP contribution in [-0.2, 0) is 15.6 Å². The number of carbonyl (C=O) groups is 1. The maximum absolute atomic E-state index is 12.6. The number of carbonyl (C=O) groups excluding carboxylic acids is 1. The van der Waals surface area contributed by atoms with Gasteiger partial charge in [-0.3, -0.25) is 4.79 Å². The summed E-state index contributed by atoms with van der Waals surface area (Å²) in [5, 5.41) is 3.44. The predicted molar refractivity (Wildman–Crippen MR) is 97.9 cm³/mol. The summed E-state index contributed by atoms with van der Waals surface area (Å²) < 4.78 is 6.41. The molecule has 0 bridgehead atoms. The minimum Gasteiger partial charge on any atom is -0.412 e. The third-order valence-electron chi connectivity index (χ3n) is 4.90. The van der Waals surface area contributed by atoms with E-state index in [4.69, 9.17) is 4.43 Å². The van der Waals surface area contributed by atoms with E-state index in [1.165, 1.54) is 0 Å². The summed E-state index contributed by atoms with van der Waals surface area (Å²) in [4.78, 5) is 12.6. The standard InChI is InChI=1S/C19H29NO2Si/c1-19(2,3)23(4,5)22-17-12-18(21)16(13-20-14-17)11-15-9-7-6-8-10-15/h6-10,13,17,20H,11-12,14H2,1-5H3/t17-/m0/s1. The van der Waals surface area contributed by atoms with Crippen molar-refractivity contribution in [3.8, 4) is 0 Å². The van der Waals surface area contributed by atoms with Crippen molar-refractivity contribution >= 4 is 14.1 Å². The van der Waals surface area contributed by atoms with Crippen molar-refractivity contribution in [1.82, 2.24) is 5.32 Å². The Labute approximate surface area is 141 Å².